The van der Waals surface area contributed by atoms with Crippen LogP contribution in [0.1, 0.15) is 67.7 Å². The monoisotopic (exact) mass is 1120 g/mol. The predicted molar refractivity (Wildman–Crippen MR) is 298 cm³/mol. The Hall–Kier alpha value is -7.39. The van der Waals surface area contributed by atoms with Gasteiger partial charge in [-0.1, -0.05) is 106 Å². The van der Waals surface area contributed by atoms with E-state index in [9.17, 15) is 31.2 Å². The molecule has 0 spiro atoms. The molecule has 2 heterocycles. The second-order valence-electron chi connectivity index (χ2n) is 17.0. The highest BCUT2D eigenvalue weighted by molar-refractivity contribution is 7.88. The Labute approximate surface area is 456 Å². The zero-order valence-corrected chi connectivity index (χ0v) is 46.0. The Morgan fingerprint density at radius 2 is 1.05 bits per heavy atom. The van der Waals surface area contributed by atoms with Gasteiger partial charge in [0.2, 0.25) is 18.2 Å². The van der Waals surface area contributed by atoms with Crippen molar-refractivity contribution in [2.75, 3.05) is 97.0 Å². The highest BCUT2D eigenvalue weighted by atomic mass is 32.2. The third-order valence-corrected chi connectivity index (χ3v) is 14.9. The normalized spacial score (nSPS) is 15.6. The molecule has 0 bridgehead atoms. The summed E-state index contributed by atoms with van der Waals surface area (Å²) in [6, 6.07) is 34.2. The molecule has 6 rings (SSSR count). The first-order valence-corrected chi connectivity index (χ1v) is 27.7. The summed E-state index contributed by atoms with van der Waals surface area (Å²) in [6.07, 6.45) is 1.95. The summed E-state index contributed by atoms with van der Waals surface area (Å²) in [6.45, 7) is 7.20. The van der Waals surface area contributed by atoms with Gasteiger partial charge in [-0.05, 0) is 52.9 Å². The van der Waals surface area contributed by atoms with Crippen LogP contribution in [0.2, 0.25) is 0 Å². The number of benzene rings is 4. The molecule has 2 aliphatic heterocycles. The molecule has 0 aromatic heterocycles. The molecule has 78 heavy (non-hydrogen) atoms. The number of rotatable bonds is 25. The van der Waals surface area contributed by atoms with E-state index in [1.165, 1.54) is 27.8 Å². The smallest absolute Gasteiger partial charge is 0.373 e. The quantitative estimate of drug-likeness (QED) is 0.0362. The number of nitrogens with zero attached hydrogens (tertiary/aromatic N) is 8. The first-order chi connectivity index (χ1) is 37.6. The van der Waals surface area contributed by atoms with Gasteiger partial charge >= 0.3 is 26.6 Å². The van der Waals surface area contributed by atoms with Crippen molar-refractivity contribution in [1.29, 1.82) is 0 Å². The highest BCUT2D eigenvalue weighted by Gasteiger charge is 2.34. The number of anilines is 2. The molecule has 420 valence electrons. The van der Waals surface area contributed by atoms with Crippen molar-refractivity contribution in [3.8, 4) is 0 Å². The largest absolute Gasteiger partial charge is 0.383 e. The van der Waals surface area contributed by atoms with Crippen LogP contribution in [-0.2, 0) is 53.9 Å². The van der Waals surface area contributed by atoms with Gasteiger partial charge in [0.05, 0.1) is 57.4 Å². The molecule has 2 aliphatic rings. The zero-order chi connectivity index (χ0) is 57.1. The van der Waals surface area contributed by atoms with E-state index in [0.717, 1.165) is 34.4 Å². The number of likely N-dealkylation sites (N-methyl/N-ethyl adjacent to an activating group) is 2. The molecule has 2 unspecified atom stereocenters. The summed E-state index contributed by atoms with van der Waals surface area (Å²) in [4.78, 5) is 50.5. The van der Waals surface area contributed by atoms with Gasteiger partial charge in [-0.25, -0.2) is 10.0 Å². The maximum Gasteiger partial charge on any atom is 0.373 e. The summed E-state index contributed by atoms with van der Waals surface area (Å²) >= 11 is 0. The van der Waals surface area contributed by atoms with Crippen LogP contribution in [0.5, 0.6) is 0 Å². The Balaban J connectivity index is 0.000000320. The van der Waals surface area contributed by atoms with Gasteiger partial charge in [0, 0.05) is 70.0 Å². The van der Waals surface area contributed by atoms with Crippen molar-refractivity contribution >= 4 is 79.3 Å². The molecule has 4 aromatic carbocycles. The first kappa shape index (κ1) is 63.1. The van der Waals surface area contributed by atoms with E-state index in [0.29, 0.717) is 43.0 Å². The molecular weight excluding hydrogens is 1050 g/mol. The molecule has 2 atom stereocenters. The van der Waals surface area contributed by atoms with Gasteiger partial charge in [0.15, 0.2) is 11.7 Å². The van der Waals surface area contributed by atoms with Crippen LogP contribution < -0.4 is 27.4 Å². The fourth-order valence-electron chi connectivity index (χ4n) is 8.00. The lowest BCUT2D eigenvalue weighted by atomic mass is 9.90. The van der Waals surface area contributed by atoms with Gasteiger partial charge in [-0.15, -0.1) is 8.80 Å². The third-order valence-electron chi connectivity index (χ3n) is 11.8. The van der Waals surface area contributed by atoms with Crippen LogP contribution in [0.4, 0.5) is 11.4 Å². The molecule has 0 saturated carbocycles. The van der Waals surface area contributed by atoms with Gasteiger partial charge in [0.25, 0.3) is 0 Å². The average molecular weight is 1120 g/mol. The molecule has 26 heteroatoms. The molecular formula is C52H69N13O11S2. The van der Waals surface area contributed by atoms with E-state index in [-0.39, 0.29) is 100 Å². The second kappa shape index (κ2) is 32.4. The van der Waals surface area contributed by atoms with Gasteiger partial charge < -0.3 is 36.9 Å². The average Bonchev–Trinajstić information content (AvgIpc) is 4.09. The number of methoxy groups -OCH3 is 2. The Bertz CT molecular complexity index is 2940. The van der Waals surface area contributed by atoms with Crippen LogP contribution in [0.25, 0.3) is 0 Å². The number of ether oxygens (including phenoxy) is 2. The lowest BCUT2D eigenvalue weighted by molar-refractivity contribution is -0.191. The van der Waals surface area contributed by atoms with E-state index in [1.807, 2.05) is 104 Å². The number of hydrogen-bond donors (Lipinski definition) is 5. The van der Waals surface area contributed by atoms with Crippen molar-refractivity contribution in [3.63, 3.8) is 0 Å². The number of amides is 3. The van der Waals surface area contributed by atoms with Crippen molar-refractivity contribution in [3.05, 3.63) is 131 Å². The number of carbonyl (C=O) groups is 3. The van der Waals surface area contributed by atoms with E-state index in [4.69, 9.17) is 40.7 Å². The Morgan fingerprint density at radius 1 is 0.667 bits per heavy atom. The minimum absolute atomic E-state index is 0.0292. The minimum atomic E-state index is -4.00. The maximum absolute atomic E-state index is 13.0. The Kier molecular flexibility index (Phi) is 26.2. The molecule has 0 aliphatic carbocycles. The van der Waals surface area contributed by atoms with Crippen LogP contribution in [0.3, 0.4) is 0 Å². The summed E-state index contributed by atoms with van der Waals surface area (Å²) < 4.78 is 72.6. The lowest BCUT2D eigenvalue weighted by Gasteiger charge is -2.20. The predicted octanol–water partition coefficient (Wildman–Crippen LogP) is 2.96. The lowest BCUT2D eigenvalue weighted by Crippen LogP contribution is -2.37. The maximum atomic E-state index is 13.0. The second-order valence-corrected chi connectivity index (χ2v) is 20.2. The molecule has 0 fully saturated rings. The van der Waals surface area contributed by atoms with Gasteiger partial charge in [-0.3, -0.25) is 14.4 Å². The highest BCUT2D eigenvalue weighted by Crippen LogP contribution is 2.31. The summed E-state index contributed by atoms with van der Waals surface area (Å²) in [5.41, 5.74) is 18.4. The number of nitrogens with two attached hydrogens (primary N) is 2. The topological polar surface area (TPSA) is 323 Å². The SMILES string of the molecule is CCCC(=O)Nc1ccc(C2=NN(C(CN)=NS(=O)(=O)N(CC)CCOC)CC2c2ccccc2)cc1.CCN(CCOC)S(=O)(=O)N=C(CN)N1CC(c2ccccc2)C(c2ccc(NC(=O)CNC=O)cc2)=N1.O=C=O. The third kappa shape index (κ3) is 18.7. The molecule has 7 N–H and O–H groups in total. The zero-order valence-electron chi connectivity index (χ0n) is 44.4. The van der Waals surface area contributed by atoms with Crippen LogP contribution in [0.15, 0.2) is 128 Å². The number of carbonyl (C=O) groups excluding carboxylic acids is 5. The van der Waals surface area contributed by atoms with Crippen molar-refractivity contribution < 1.29 is 50.3 Å². The Morgan fingerprint density at radius 3 is 1.38 bits per heavy atom. The van der Waals surface area contributed by atoms with Crippen molar-refractivity contribution in [2.45, 2.75) is 45.4 Å². The number of hydrogen-bond acceptors (Lipinski definition) is 15. The number of amidine groups is 2. The molecule has 0 saturated heterocycles. The standard InChI is InChI=1S/C26H36N6O4S.C25H33N7O5S.CO2/c1-4-9-25(33)28-22-14-12-21(13-15-22)26-23(20-10-7-6-8-11-20)19-32(29-26)24(18-27)30-37(34,35)31(5-2)16-17-36-3;1-3-31(13-14-37-2)38(35,36)30-23(15-26)32-17-22(19-7-5-4-6-8-19)25(29-32)20-9-11-21(12-10-20)28-24(34)16-27-18-33;2-1-3/h6-8,10-15,23H,4-5,9,16-19,27H2,1-3H3,(H,28,33);4-12,18,22H,3,13-17,26H2,1-2H3,(H,27,33)(H,28,34);. The van der Waals surface area contributed by atoms with E-state index in [1.54, 1.807) is 31.0 Å². The first-order valence-electron chi connectivity index (χ1n) is 24.9. The van der Waals surface area contributed by atoms with Gasteiger partial charge in [-0.2, -0.15) is 45.2 Å². The number of hydrazone groups is 2. The van der Waals surface area contributed by atoms with E-state index >= 15 is 0 Å². The van der Waals surface area contributed by atoms with Gasteiger partial charge in [0.1, 0.15) is 0 Å². The fourth-order valence-corrected chi connectivity index (χ4v) is 10.4. The molecule has 24 nitrogen and oxygen atoms in total. The van der Waals surface area contributed by atoms with Crippen molar-refractivity contribution in [2.24, 2.45) is 30.5 Å². The summed E-state index contributed by atoms with van der Waals surface area (Å²) in [5.74, 6) is -0.398. The van der Waals surface area contributed by atoms with Crippen molar-refractivity contribution in [1.82, 2.24) is 23.9 Å². The van der Waals surface area contributed by atoms with E-state index < -0.39 is 20.4 Å². The van der Waals surface area contributed by atoms with Crippen LogP contribution >= 0.6 is 0 Å². The minimum Gasteiger partial charge on any atom is -0.383 e. The fraction of sp³-hybridized carbons (Fsp3) is 0.385. The van der Waals surface area contributed by atoms with Crippen LogP contribution in [-0.4, -0.2) is 169 Å². The molecule has 4 aromatic rings. The summed E-state index contributed by atoms with van der Waals surface area (Å²) in [5, 5.41) is 20.5. The van der Waals surface area contributed by atoms with E-state index in [2.05, 4.69) is 24.7 Å². The molecule has 0 radical (unpaired) electrons. The summed E-state index contributed by atoms with van der Waals surface area (Å²) in [7, 11) is -4.94. The molecule has 3 amide bonds. The van der Waals surface area contributed by atoms with Crippen LogP contribution in [0, 0.1) is 0 Å². The number of nitrogens with one attached hydrogen (secondary N) is 3.